The average molecular weight is 665 g/mol. The Hall–Kier alpha value is -7.29. The number of hydrogen-bond donors (Lipinski definition) is 0. The van der Waals surface area contributed by atoms with Crippen LogP contribution in [0, 0.1) is 11.3 Å². The van der Waals surface area contributed by atoms with Crippen molar-refractivity contribution < 1.29 is 4.42 Å². The molecule has 0 bridgehead atoms. The number of para-hydroxylation sites is 1. The molecule has 5 heteroatoms. The van der Waals surface area contributed by atoms with Crippen LogP contribution in [-0.2, 0) is 0 Å². The molecule has 5 nitrogen and oxygen atoms in total. The van der Waals surface area contributed by atoms with Crippen LogP contribution in [0.4, 0.5) is 0 Å². The average Bonchev–Trinajstić information content (AvgIpc) is 3.76. The lowest BCUT2D eigenvalue weighted by atomic mass is 10.0. The maximum atomic E-state index is 9.47. The minimum atomic E-state index is 0.638. The van der Waals surface area contributed by atoms with Gasteiger partial charge in [-0.05, 0) is 83.9 Å². The van der Waals surface area contributed by atoms with Crippen molar-refractivity contribution in [3.63, 3.8) is 0 Å². The predicted molar refractivity (Wildman–Crippen MR) is 210 cm³/mol. The van der Waals surface area contributed by atoms with Gasteiger partial charge in [0.2, 0.25) is 0 Å². The Morgan fingerprint density at radius 1 is 0.442 bits per heavy atom. The van der Waals surface area contributed by atoms with Gasteiger partial charge in [0.05, 0.1) is 34.1 Å². The number of nitriles is 1. The normalized spacial score (nSPS) is 11.4. The number of nitrogens with zero attached hydrogens (tertiary/aromatic N) is 4. The summed E-state index contributed by atoms with van der Waals surface area (Å²) in [5, 5.41) is 13.8. The Morgan fingerprint density at radius 2 is 1.04 bits per heavy atom. The summed E-state index contributed by atoms with van der Waals surface area (Å²) < 4.78 is 8.63. The number of furan rings is 1. The highest BCUT2D eigenvalue weighted by molar-refractivity contribution is 6.11. The summed E-state index contributed by atoms with van der Waals surface area (Å²) in [5.74, 6) is 0.682. The molecule has 0 aliphatic carbocycles. The molecule has 0 atom stereocenters. The van der Waals surface area contributed by atoms with Crippen LogP contribution in [0.5, 0.6) is 0 Å². The summed E-state index contributed by atoms with van der Waals surface area (Å²) in [6, 6.07) is 60.3. The topological polar surface area (TPSA) is 67.6 Å². The molecule has 0 spiro atoms. The Bertz CT molecular complexity index is 2970. The second kappa shape index (κ2) is 11.9. The number of fused-ring (bicyclic) bond motifs is 6. The number of rotatable bonds is 5. The largest absolute Gasteiger partial charge is 0.456 e. The number of benzene rings is 7. The number of aromatic nitrogens is 3. The van der Waals surface area contributed by atoms with Crippen molar-refractivity contribution in [1.82, 2.24) is 14.5 Å². The zero-order chi connectivity index (χ0) is 34.6. The molecule has 10 aromatic rings. The molecule has 0 fully saturated rings. The maximum Gasteiger partial charge on any atom is 0.160 e. The summed E-state index contributed by atoms with van der Waals surface area (Å²) >= 11 is 0. The fourth-order valence-corrected chi connectivity index (χ4v) is 7.33. The van der Waals surface area contributed by atoms with Crippen LogP contribution in [0.3, 0.4) is 0 Å². The highest BCUT2D eigenvalue weighted by Gasteiger charge is 2.17. The first-order chi connectivity index (χ1) is 25.7. The summed E-state index contributed by atoms with van der Waals surface area (Å²) in [6.45, 7) is 0. The van der Waals surface area contributed by atoms with Crippen molar-refractivity contribution >= 4 is 43.7 Å². The first kappa shape index (κ1) is 29.6. The molecule has 242 valence electrons. The van der Waals surface area contributed by atoms with Crippen molar-refractivity contribution in [2.75, 3.05) is 0 Å². The molecule has 0 aliphatic rings. The highest BCUT2D eigenvalue weighted by atomic mass is 16.3. The van der Waals surface area contributed by atoms with E-state index in [4.69, 9.17) is 14.4 Å². The molecule has 0 radical (unpaired) electrons. The molecular weight excluding hydrogens is 637 g/mol. The highest BCUT2D eigenvalue weighted by Crippen LogP contribution is 2.38. The fraction of sp³-hybridized carbons (Fsp3) is 0. The minimum Gasteiger partial charge on any atom is -0.456 e. The Kier molecular flexibility index (Phi) is 6.80. The molecule has 0 unspecified atom stereocenters. The minimum absolute atomic E-state index is 0.638. The van der Waals surface area contributed by atoms with E-state index in [1.54, 1.807) is 0 Å². The first-order valence-corrected chi connectivity index (χ1v) is 17.2. The smallest absolute Gasteiger partial charge is 0.160 e. The molecule has 0 aliphatic heterocycles. The fourth-order valence-electron chi connectivity index (χ4n) is 7.33. The van der Waals surface area contributed by atoms with Crippen LogP contribution in [-0.4, -0.2) is 14.5 Å². The van der Waals surface area contributed by atoms with Gasteiger partial charge in [-0.15, -0.1) is 0 Å². The van der Waals surface area contributed by atoms with Gasteiger partial charge in [-0.3, -0.25) is 0 Å². The molecule has 0 saturated carbocycles. The van der Waals surface area contributed by atoms with Crippen molar-refractivity contribution in [2.45, 2.75) is 0 Å². The lowest BCUT2D eigenvalue weighted by molar-refractivity contribution is 0.669. The van der Waals surface area contributed by atoms with E-state index >= 15 is 0 Å². The van der Waals surface area contributed by atoms with Gasteiger partial charge in [0, 0.05) is 43.9 Å². The van der Waals surface area contributed by atoms with Crippen molar-refractivity contribution in [1.29, 1.82) is 5.26 Å². The third kappa shape index (κ3) is 4.93. The molecule has 52 heavy (non-hydrogen) atoms. The van der Waals surface area contributed by atoms with E-state index in [2.05, 4.69) is 114 Å². The summed E-state index contributed by atoms with van der Waals surface area (Å²) in [4.78, 5) is 10.2. The lowest BCUT2D eigenvalue weighted by Crippen LogP contribution is -1.96. The second-order valence-electron chi connectivity index (χ2n) is 13.0. The number of hydrogen-bond acceptors (Lipinski definition) is 4. The molecule has 0 amide bonds. The first-order valence-electron chi connectivity index (χ1n) is 17.2. The van der Waals surface area contributed by atoms with Crippen LogP contribution in [0.1, 0.15) is 5.56 Å². The van der Waals surface area contributed by atoms with Crippen LogP contribution in [0.15, 0.2) is 174 Å². The van der Waals surface area contributed by atoms with Gasteiger partial charge >= 0.3 is 0 Å². The quantitative estimate of drug-likeness (QED) is 0.184. The van der Waals surface area contributed by atoms with Crippen molar-refractivity contribution in [3.8, 4) is 56.8 Å². The van der Waals surface area contributed by atoms with E-state index < -0.39 is 0 Å². The van der Waals surface area contributed by atoms with E-state index in [0.717, 1.165) is 88.6 Å². The monoisotopic (exact) mass is 664 g/mol. The van der Waals surface area contributed by atoms with Gasteiger partial charge in [-0.2, -0.15) is 5.26 Å². The molecule has 7 aromatic carbocycles. The van der Waals surface area contributed by atoms with E-state index in [1.165, 1.54) is 0 Å². The predicted octanol–water partition coefficient (Wildman–Crippen LogP) is 12.0. The third-order valence-corrected chi connectivity index (χ3v) is 9.83. The van der Waals surface area contributed by atoms with E-state index in [0.29, 0.717) is 11.4 Å². The second-order valence-corrected chi connectivity index (χ2v) is 13.0. The lowest BCUT2D eigenvalue weighted by Gasteiger charge is -2.10. The standard InChI is InChI=1S/C47H28N4O/c48-29-30-10-9-15-33(24-30)34-19-22-45-39(25-34)40-27-36(20-23-46(40)52-45)51-43-17-8-7-16-37(43)38-26-35(18-21-44(38)51)47-49-41(31-11-3-1-4-12-31)28-42(50-47)32-13-5-2-6-14-32/h1-28H. The van der Waals surface area contributed by atoms with Crippen molar-refractivity contribution in [3.05, 3.63) is 175 Å². The van der Waals surface area contributed by atoms with Gasteiger partial charge < -0.3 is 8.98 Å². The molecule has 3 heterocycles. The summed E-state index contributed by atoms with van der Waals surface area (Å²) in [6.07, 6.45) is 0. The SMILES string of the molecule is N#Cc1cccc(-c2ccc3oc4ccc(-n5c6ccccc6c6cc(-c7nc(-c8ccccc8)cc(-c8ccccc8)n7)ccc65)cc4c3c2)c1. The van der Waals surface area contributed by atoms with Gasteiger partial charge in [-0.25, -0.2) is 9.97 Å². The van der Waals surface area contributed by atoms with Crippen LogP contribution >= 0.6 is 0 Å². The third-order valence-electron chi connectivity index (χ3n) is 9.83. The van der Waals surface area contributed by atoms with E-state index in [1.807, 2.05) is 66.7 Å². The zero-order valence-corrected chi connectivity index (χ0v) is 27.9. The molecular formula is C47H28N4O. The Morgan fingerprint density at radius 3 is 1.79 bits per heavy atom. The van der Waals surface area contributed by atoms with Gasteiger partial charge in [-0.1, -0.05) is 97.1 Å². The van der Waals surface area contributed by atoms with E-state index in [-0.39, 0.29) is 0 Å². The Balaban J connectivity index is 1.14. The maximum absolute atomic E-state index is 9.47. The summed E-state index contributed by atoms with van der Waals surface area (Å²) in [7, 11) is 0. The van der Waals surface area contributed by atoms with Gasteiger partial charge in [0.15, 0.2) is 5.82 Å². The van der Waals surface area contributed by atoms with Crippen LogP contribution in [0.2, 0.25) is 0 Å². The van der Waals surface area contributed by atoms with Crippen LogP contribution < -0.4 is 0 Å². The van der Waals surface area contributed by atoms with Gasteiger partial charge in [0.25, 0.3) is 0 Å². The molecule has 0 N–H and O–H groups in total. The Labute approximate surface area is 299 Å². The molecule has 10 rings (SSSR count). The van der Waals surface area contributed by atoms with E-state index in [9.17, 15) is 5.26 Å². The zero-order valence-electron chi connectivity index (χ0n) is 27.9. The van der Waals surface area contributed by atoms with Crippen molar-refractivity contribution in [2.24, 2.45) is 0 Å². The van der Waals surface area contributed by atoms with Gasteiger partial charge in [0.1, 0.15) is 11.2 Å². The van der Waals surface area contributed by atoms with Crippen LogP contribution in [0.25, 0.3) is 94.5 Å². The molecule has 0 saturated heterocycles. The summed E-state index contributed by atoms with van der Waals surface area (Å²) in [5.41, 5.74) is 12.4. The molecule has 3 aromatic heterocycles.